The van der Waals surface area contributed by atoms with Gasteiger partial charge in [0.1, 0.15) is 11.5 Å². The second-order valence-corrected chi connectivity index (χ2v) is 8.12. The Morgan fingerprint density at radius 1 is 1.09 bits per heavy atom. The van der Waals surface area contributed by atoms with Crippen molar-refractivity contribution < 1.29 is 24.2 Å². The smallest absolute Gasteiger partial charge is 0.347 e. The van der Waals surface area contributed by atoms with Gasteiger partial charge < -0.3 is 24.5 Å². The van der Waals surface area contributed by atoms with Crippen molar-refractivity contribution in [3.8, 4) is 17.2 Å². The van der Waals surface area contributed by atoms with Crippen LogP contribution < -0.4 is 14.8 Å². The Morgan fingerprint density at radius 3 is 2.34 bits per heavy atom. The molecule has 2 aromatic carbocycles. The summed E-state index contributed by atoms with van der Waals surface area (Å²) < 4.78 is 12.8. The van der Waals surface area contributed by atoms with Crippen LogP contribution in [-0.4, -0.2) is 40.3 Å². The van der Waals surface area contributed by atoms with E-state index in [2.05, 4.69) is 5.32 Å². The molecule has 0 bridgehead atoms. The van der Waals surface area contributed by atoms with Gasteiger partial charge in [0.15, 0.2) is 5.60 Å². The molecule has 0 saturated carbocycles. The molecular weight excluding hydrogens is 408 g/mol. The van der Waals surface area contributed by atoms with Crippen molar-refractivity contribution in [1.82, 2.24) is 9.88 Å². The molecule has 1 atom stereocenters. The summed E-state index contributed by atoms with van der Waals surface area (Å²) in [5, 5.41) is 12.2. The van der Waals surface area contributed by atoms with Gasteiger partial charge in [0, 0.05) is 24.1 Å². The molecule has 0 saturated heterocycles. The molecule has 2 N–H and O–H groups in total. The van der Waals surface area contributed by atoms with E-state index < -0.39 is 11.6 Å². The summed E-state index contributed by atoms with van der Waals surface area (Å²) in [7, 11) is 1.54. The van der Waals surface area contributed by atoms with Crippen LogP contribution in [0.15, 0.2) is 67.0 Å². The molecule has 0 aliphatic rings. The molecule has 3 aromatic rings. The lowest BCUT2D eigenvalue weighted by Crippen LogP contribution is -2.37. The Balaban J connectivity index is 1.66. The van der Waals surface area contributed by atoms with Gasteiger partial charge in [-0.15, -0.1) is 0 Å². The van der Waals surface area contributed by atoms with Crippen LogP contribution in [0.25, 0.3) is 5.69 Å². The van der Waals surface area contributed by atoms with Gasteiger partial charge in [-0.05, 0) is 75.2 Å². The number of carboxylic acid groups (broad SMARTS) is 1. The largest absolute Gasteiger partial charge is 0.496 e. The van der Waals surface area contributed by atoms with E-state index in [0.29, 0.717) is 23.5 Å². The maximum atomic E-state index is 12.9. The molecule has 0 radical (unpaired) electrons. The molecule has 168 valence electrons. The highest BCUT2D eigenvalue weighted by Gasteiger charge is 2.29. The van der Waals surface area contributed by atoms with E-state index >= 15 is 0 Å². The second kappa shape index (κ2) is 9.60. The van der Waals surface area contributed by atoms with Crippen LogP contribution in [0.1, 0.15) is 36.7 Å². The third-order valence-electron chi connectivity index (χ3n) is 5.06. The number of rotatable bonds is 9. The molecular formula is C25H28N2O5. The summed E-state index contributed by atoms with van der Waals surface area (Å²) in [4.78, 5) is 24.2. The molecule has 1 unspecified atom stereocenters. The van der Waals surface area contributed by atoms with E-state index in [0.717, 1.165) is 11.3 Å². The highest BCUT2D eigenvalue weighted by molar-refractivity contribution is 5.97. The maximum absolute atomic E-state index is 12.9. The first-order valence-corrected chi connectivity index (χ1v) is 10.3. The Morgan fingerprint density at radius 2 is 1.75 bits per heavy atom. The Bertz CT molecular complexity index is 1070. The third-order valence-corrected chi connectivity index (χ3v) is 5.06. The van der Waals surface area contributed by atoms with Crippen molar-refractivity contribution in [1.29, 1.82) is 0 Å². The van der Waals surface area contributed by atoms with Crippen LogP contribution in [-0.2, 0) is 11.2 Å². The molecule has 1 aromatic heterocycles. The van der Waals surface area contributed by atoms with Crippen LogP contribution in [0.4, 0.5) is 0 Å². The number of aliphatic carboxylic acids is 1. The van der Waals surface area contributed by atoms with Crippen molar-refractivity contribution in [2.24, 2.45) is 0 Å². The molecule has 0 aliphatic heterocycles. The fourth-order valence-corrected chi connectivity index (χ4v) is 3.28. The fraction of sp³-hybridized carbons (Fsp3) is 0.280. The van der Waals surface area contributed by atoms with E-state index in [9.17, 15) is 14.7 Å². The zero-order chi connectivity index (χ0) is 23.3. The Hall–Kier alpha value is -3.74. The maximum Gasteiger partial charge on any atom is 0.347 e. The number of methoxy groups -OCH3 is 1. The van der Waals surface area contributed by atoms with E-state index in [4.69, 9.17) is 9.47 Å². The van der Waals surface area contributed by atoms with Gasteiger partial charge in [-0.2, -0.15) is 0 Å². The first-order chi connectivity index (χ1) is 15.2. The van der Waals surface area contributed by atoms with Gasteiger partial charge in [0.2, 0.25) is 0 Å². The van der Waals surface area contributed by atoms with Crippen LogP contribution in [0.2, 0.25) is 0 Å². The average molecular weight is 437 g/mol. The number of aromatic nitrogens is 1. The number of ether oxygens (including phenoxy) is 2. The number of nitrogens with one attached hydrogen (secondary N) is 1. The molecule has 1 amide bonds. The quantitative estimate of drug-likeness (QED) is 0.527. The van der Waals surface area contributed by atoms with E-state index in [1.165, 1.54) is 13.8 Å². The Kier molecular flexibility index (Phi) is 6.88. The predicted molar refractivity (Wildman–Crippen MR) is 122 cm³/mol. The average Bonchev–Trinajstić information content (AvgIpc) is 3.29. The standard InChI is InChI=1S/C25H28N2O5/c1-17(15-18-7-10-20(11-8-18)32-25(2,3)24(29)30)26-23(28)21-16-19(9-12-22(21)31-4)27-13-5-6-14-27/h5-14,16-17H,15H2,1-4H3,(H,26,28)(H,29,30). The highest BCUT2D eigenvalue weighted by atomic mass is 16.5. The minimum atomic E-state index is -1.31. The van der Waals surface area contributed by atoms with E-state index in [1.807, 2.05) is 54.2 Å². The summed E-state index contributed by atoms with van der Waals surface area (Å²) >= 11 is 0. The monoisotopic (exact) mass is 436 g/mol. The Labute approximate surface area is 187 Å². The van der Waals surface area contributed by atoms with Gasteiger partial charge in [-0.3, -0.25) is 4.79 Å². The molecule has 0 spiro atoms. The summed E-state index contributed by atoms with van der Waals surface area (Å²) in [6.07, 6.45) is 4.43. The van der Waals surface area contributed by atoms with Gasteiger partial charge in [-0.25, -0.2) is 4.79 Å². The first-order valence-electron chi connectivity index (χ1n) is 10.3. The molecule has 7 heteroatoms. The number of carbonyl (C=O) groups is 2. The SMILES string of the molecule is COc1ccc(-n2cccc2)cc1C(=O)NC(C)Cc1ccc(OC(C)(C)C(=O)O)cc1. The molecule has 0 fully saturated rings. The van der Waals surface area contributed by atoms with Crippen LogP contribution >= 0.6 is 0 Å². The normalized spacial score (nSPS) is 12.1. The predicted octanol–water partition coefficient (Wildman–Crippen LogP) is 4.09. The highest BCUT2D eigenvalue weighted by Crippen LogP contribution is 2.23. The first kappa shape index (κ1) is 22.9. The van der Waals surface area contributed by atoms with Crippen molar-refractivity contribution in [2.45, 2.75) is 38.8 Å². The lowest BCUT2D eigenvalue weighted by atomic mass is 10.1. The number of benzene rings is 2. The number of amides is 1. The molecule has 7 nitrogen and oxygen atoms in total. The zero-order valence-electron chi connectivity index (χ0n) is 18.7. The van der Waals surface area contributed by atoms with Crippen LogP contribution in [0.3, 0.4) is 0 Å². The number of hydrogen-bond acceptors (Lipinski definition) is 4. The fourth-order valence-electron chi connectivity index (χ4n) is 3.28. The van der Waals surface area contributed by atoms with E-state index in [-0.39, 0.29) is 11.9 Å². The van der Waals surface area contributed by atoms with E-state index in [1.54, 1.807) is 31.4 Å². The van der Waals surface area contributed by atoms with Crippen molar-refractivity contribution >= 4 is 11.9 Å². The summed E-state index contributed by atoms with van der Waals surface area (Å²) in [6, 6.07) is 16.4. The van der Waals surface area contributed by atoms with Crippen LogP contribution in [0.5, 0.6) is 11.5 Å². The second-order valence-electron chi connectivity index (χ2n) is 8.12. The topological polar surface area (TPSA) is 89.8 Å². The van der Waals surface area contributed by atoms with Gasteiger partial charge >= 0.3 is 5.97 Å². The van der Waals surface area contributed by atoms with Gasteiger partial charge in [0.05, 0.1) is 12.7 Å². The lowest BCUT2D eigenvalue weighted by Gasteiger charge is -2.21. The van der Waals surface area contributed by atoms with Crippen molar-refractivity contribution in [2.75, 3.05) is 7.11 Å². The molecule has 3 rings (SSSR count). The zero-order valence-corrected chi connectivity index (χ0v) is 18.7. The summed E-state index contributed by atoms with van der Waals surface area (Å²) in [6.45, 7) is 4.93. The van der Waals surface area contributed by atoms with Crippen molar-refractivity contribution in [3.05, 3.63) is 78.1 Å². The molecule has 32 heavy (non-hydrogen) atoms. The van der Waals surface area contributed by atoms with Crippen LogP contribution in [0, 0.1) is 0 Å². The minimum absolute atomic E-state index is 0.135. The minimum Gasteiger partial charge on any atom is -0.496 e. The lowest BCUT2D eigenvalue weighted by molar-refractivity contribution is -0.152. The molecule has 1 heterocycles. The summed E-state index contributed by atoms with van der Waals surface area (Å²) in [5.41, 5.74) is 1.02. The summed E-state index contributed by atoms with van der Waals surface area (Å²) in [5.74, 6) is -0.266. The van der Waals surface area contributed by atoms with Gasteiger partial charge in [-0.1, -0.05) is 12.1 Å². The van der Waals surface area contributed by atoms with Gasteiger partial charge in [0.25, 0.3) is 5.91 Å². The number of carboxylic acids is 1. The number of hydrogen-bond donors (Lipinski definition) is 2. The third kappa shape index (κ3) is 5.49. The number of carbonyl (C=O) groups excluding carboxylic acids is 1. The molecule has 0 aliphatic carbocycles. The number of nitrogens with zero attached hydrogens (tertiary/aromatic N) is 1. The van der Waals surface area contributed by atoms with Crippen molar-refractivity contribution in [3.63, 3.8) is 0 Å².